The Bertz CT molecular complexity index is 1990. The molecule has 0 heterocycles. The van der Waals surface area contributed by atoms with Gasteiger partial charge in [0.15, 0.2) is 0 Å². The standard InChI is InChI=1S/C30H20BClO2/c32-24-14-15-26-28(18-24)30(31(33)34)27-9-5-4-8-25(27)29(26)23-13-12-21-16-20(10-11-22(21)17-23)19-6-2-1-3-7-19/h1-18,33-34H/i4D,5D,8D,9D,14D,15D,18D. The van der Waals surface area contributed by atoms with E-state index >= 15 is 0 Å². The molecule has 0 saturated heterocycles. The van der Waals surface area contributed by atoms with E-state index in [1.807, 2.05) is 60.7 Å². The number of fused-ring (bicyclic) bond motifs is 3. The summed E-state index contributed by atoms with van der Waals surface area (Å²) in [6, 6.07) is 17.9. The second-order valence-electron chi connectivity index (χ2n) is 7.99. The minimum Gasteiger partial charge on any atom is -0.423 e. The number of hydrogen-bond acceptors (Lipinski definition) is 2. The Kier molecular flexibility index (Phi) is 3.56. The van der Waals surface area contributed by atoms with Gasteiger partial charge in [-0.1, -0.05) is 96.4 Å². The highest BCUT2D eigenvalue weighted by molar-refractivity contribution is 6.66. The average Bonchev–Trinajstić information content (AvgIpc) is 2.99. The molecule has 34 heavy (non-hydrogen) atoms. The van der Waals surface area contributed by atoms with Crippen molar-refractivity contribution in [3.05, 3.63) is 114 Å². The van der Waals surface area contributed by atoms with Crippen LogP contribution in [0, 0.1) is 0 Å². The summed E-state index contributed by atoms with van der Waals surface area (Å²) in [7, 11) is -2.25. The number of rotatable bonds is 3. The van der Waals surface area contributed by atoms with Gasteiger partial charge in [-0.25, -0.2) is 0 Å². The van der Waals surface area contributed by atoms with E-state index in [0.29, 0.717) is 5.56 Å². The Balaban J connectivity index is 1.80. The van der Waals surface area contributed by atoms with Crippen LogP contribution in [0.15, 0.2) is 109 Å². The van der Waals surface area contributed by atoms with Crippen LogP contribution in [-0.4, -0.2) is 17.2 Å². The summed E-state index contributed by atoms with van der Waals surface area (Å²) in [5.41, 5.74) is 2.35. The molecule has 6 aromatic rings. The lowest BCUT2D eigenvalue weighted by atomic mass is 9.72. The van der Waals surface area contributed by atoms with Gasteiger partial charge in [-0.3, -0.25) is 0 Å². The van der Waals surface area contributed by atoms with Crippen LogP contribution in [0.4, 0.5) is 0 Å². The Morgan fingerprint density at radius 2 is 1.29 bits per heavy atom. The molecule has 0 amide bonds. The summed E-state index contributed by atoms with van der Waals surface area (Å²) in [6.45, 7) is 0. The topological polar surface area (TPSA) is 40.5 Å². The van der Waals surface area contributed by atoms with Gasteiger partial charge in [-0.2, -0.15) is 0 Å². The molecule has 0 aliphatic carbocycles. The molecular weight excluding hydrogens is 439 g/mol. The van der Waals surface area contributed by atoms with E-state index in [0.717, 1.165) is 21.9 Å². The molecule has 162 valence electrons. The molecule has 0 fully saturated rings. The van der Waals surface area contributed by atoms with Crippen molar-refractivity contribution in [3.63, 3.8) is 0 Å². The summed E-state index contributed by atoms with van der Waals surface area (Å²) < 4.78 is 60.0. The minimum atomic E-state index is -2.25. The molecule has 0 atom stereocenters. The van der Waals surface area contributed by atoms with Crippen LogP contribution in [0.1, 0.15) is 9.60 Å². The molecular formula is C30H20BClO2. The predicted octanol–water partition coefficient (Wildman–Crippen LogP) is 6.81. The van der Waals surface area contributed by atoms with E-state index in [4.69, 9.17) is 21.2 Å². The van der Waals surface area contributed by atoms with Crippen molar-refractivity contribution in [1.29, 1.82) is 0 Å². The molecule has 0 aliphatic rings. The van der Waals surface area contributed by atoms with Crippen LogP contribution in [0.3, 0.4) is 0 Å². The van der Waals surface area contributed by atoms with Crippen LogP contribution >= 0.6 is 11.6 Å². The Morgan fingerprint density at radius 1 is 0.647 bits per heavy atom. The molecule has 0 aromatic heterocycles. The molecule has 2 nitrogen and oxygen atoms in total. The van der Waals surface area contributed by atoms with Gasteiger partial charge >= 0.3 is 7.12 Å². The van der Waals surface area contributed by atoms with Crippen molar-refractivity contribution < 1.29 is 19.6 Å². The monoisotopic (exact) mass is 465 g/mol. The zero-order valence-electron chi connectivity index (χ0n) is 24.7. The molecule has 0 bridgehead atoms. The molecule has 4 heteroatoms. The molecule has 0 saturated carbocycles. The average molecular weight is 466 g/mol. The van der Waals surface area contributed by atoms with E-state index in [1.54, 1.807) is 6.07 Å². The van der Waals surface area contributed by atoms with Gasteiger partial charge in [0.2, 0.25) is 0 Å². The third-order valence-electron chi connectivity index (χ3n) is 6.00. The molecule has 6 rings (SSSR count). The maximum absolute atomic E-state index is 10.5. The minimum absolute atomic E-state index is 0.0229. The summed E-state index contributed by atoms with van der Waals surface area (Å²) in [4.78, 5) is 0. The summed E-state index contributed by atoms with van der Waals surface area (Å²) in [5, 5.41) is 21.9. The second kappa shape index (κ2) is 8.30. The molecule has 6 aromatic carbocycles. The van der Waals surface area contributed by atoms with E-state index in [1.165, 1.54) is 0 Å². The lowest BCUT2D eigenvalue weighted by molar-refractivity contribution is 0.426. The molecule has 0 spiro atoms. The van der Waals surface area contributed by atoms with Gasteiger partial charge in [0, 0.05) is 5.02 Å². The largest absolute Gasteiger partial charge is 0.489 e. The van der Waals surface area contributed by atoms with Crippen LogP contribution in [0.5, 0.6) is 0 Å². The Morgan fingerprint density at radius 3 is 2.03 bits per heavy atom. The maximum Gasteiger partial charge on any atom is 0.489 e. The van der Waals surface area contributed by atoms with Gasteiger partial charge in [0.05, 0.1) is 9.60 Å². The van der Waals surface area contributed by atoms with E-state index in [2.05, 4.69) is 0 Å². The van der Waals surface area contributed by atoms with Crippen LogP contribution in [0.25, 0.3) is 54.6 Å². The Labute approximate surface area is 212 Å². The first-order valence-electron chi connectivity index (χ1n) is 14.1. The first-order valence-corrected chi connectivity index (χ1v) is 11.0. The first-order chi connectivity index (χ1) is 19.5. The van der Waals surface area contributed by atoms with Crippen molar-refractivity contribution >= 4 is 56.5 Å². The highest BCUT2D eigenvalue weighted by Gasteiger charge is 2.22. The van der Waals surface area contributed by atoms with Crippen LogP contribution < -0.4 is 5.46 Å². The van der Waals surface area contributed by atoms with Crippen molar-refractivity contribution in [2.24, 2.45) is 0 Å². The SMILES string of the molecule is [2H]c1c([2H])c([2H])c2c(-c3ccc4cc(-c5ccccc5)ccc4c3)c3c([2H])c([2H])c(Cl)c([2H])c3c(B(O)O)c2c1[2H]. The maximum atomic E-state index is 10.5. The zero-order chi connectivity index (χ0) is 29.3. The fourth-order valence-corrected chi connectivity index (χ4v) is 4.62. The fraction of sp³-hybridized carbons (Fsp3) is 0. The predicted molar refractivity (Wildman–Crippen MR) is 145 cm³/mol. The Hall–Kier alpha value is -3.63. The smallest absolute Gasteiger partial charge is 0.423 e. The third kappa shape index (κ3) is 3.46. The molecule has 2 N–H and O–H groups in total. The summed E-state index contributed by atoms with van der Waals surface area (Å²) in [5.74, 6) is 0. The van der Waals surface area contributed by atoms with Crippen LogP contribution in [0.2, 0.25) is 5.02 Å². The van der Waals surface area contributed by atoms with Crippen molar-refractivity contribution in [3.8, 4) is 22.3 Å². The normalized spacial score (nSPS) is 14.3. The number of benzene rings is 6. The first kappa shape index (κ1) is 14.6. The van der Waals surface area contributed by atoms with Crippen molar-refractivity contribution in [1.82, 2.24) is 0 Å². The lowest BCUT2D eigenvalue weighted by Gasteiger charge is -2.17. The molecule has 0 unspecified atom stereocenters. The lowest BCUT2D eigenvalue weighted by Crippen LogP contribution is -2.31. The van der Waals surface area contributed by atoms with Gasteiger partial charge in [0.25, 0.3) is 0 Å². The van der Waals surface area contributed by atoms with Gasteiger partial charge in [-0.15, -0.1) is 0 Å². The highest BCUT2D eigenvalue weighted by atomic mass is 35.5. The number of hydrogen-bond donors (Lipinski definition) is 2. The zero-order valence-corrected chi connectivity index (χ0v) is 18.5. The highest BCUT2D eigenvalue weighted by Crippen LogP contribution is 2.38. The van der Waals surface area contributed by atoms with Gasteiger partial charge in [0.1, 0.15) is 0 Å². The number of halogens is 1. The van der Waals surface area contributed by atoms with E-state index in [-0.39, 0.29) is 37.6 Å². The fourth-order valence-electron chi connectivity index (χ4n) is 4.48. The third-order valence-corrected chi connectivity index (χ3v) is 6.19. The van der Waals surface area contributed by atoms with Crippen molar-refractivity contribution in [2.45, 2.75) is 0 Å². The van der Waals surface area contributed by atoms with Crippen molar-refractivity contribution in [2.75, 3.05) is 0 Å². The summed E-state index contributed by atoms with van der Waals surface area (Å²) in [6.07, 6.45) is 0. The van der Waals surface area contributed by atoms with Crippen LogP contribution in [-0.2, 0) is 0 Å². The van der Waals surface area contributed by atoms with E-state index in [9.17, 15) is 10.0 Å². The quantitative estimate of drug-likeness (QED) is 0.222. The molecule has 0 radical (unpaired) electrons. The van der Waals surface area contributed by atoms with Gasteiger partial charge in [-0.05, 0) is 84.3 Å². The summed E-state index contributed by atoms with van der Waals surface area (Å²) >= 11 is 6.25. The second-order valence-corrected chi connectivity index (χ2v) is 8.37. The molecule has 0 aliphatic heterocycles. The van der Waals surface area contributed by atoms with E-state index < -0.39 is 49.4 Å². The van der Waals surface area contributed by atoms with Gasteiger partial charge < -0.3 is 10.0 Å².